The van der Waals surface area contributed by atoms with Crippen molar-refractivity contribution < 1.29 is 19.0 Å². The quantitative estimate of drug-likeness (QED) is 0.299. The number of carbonyl (C=O) groups excluding carboxylic acids is 1. The van der Waals surface area contributed by atoms with Crippen molar-refractivity contribution in [3.8, 4) is 11.5 Å². The standard InChI is InChI=1S/C30H32BrNO4/c1-34-27-18-22(14-15-26(27)35-20-21-10-4-2-5-11-21)29-28(23-12-6-7-13-25(23)31)24(30(33)36-29)19-32-16-8-3-9-17-32/h2,4-7,10-15,18,24,28-29H,3,8-9,16-17,19-20H2,1H3/t24-,28+,29?/m1/s1. The lowest BCUT2D eigenvalue weighted by Gasteiger charge is -2.30. The van der Waals surface area contributed by atoms with Crippen molar-refractivity contribution in [2.75, 3.05) is 26.7 Å². The van der Waals surface area contributed by atoms with Crippen molar-refractivity contribution in [1.82, 2.24) is 4.90 Å². The average molecular weight is 550 g/mol. The maximum atomic E-state index is 13.3. The van der Waals surface area contributed by atoms with Gasteiger partial charge in [-0.3, -0.25) is 4.79 Å². The van der Waals surface area contributed by atoms with Gasteiger partial charge >= 0.3 is 5.97 Å². The number of hydrogen-bond donors (Lipinski definition) is 0. The number of benzene rings is 3. The summed E-state index contributed by atoms with van der Waals surface area (Å²) in [4.78, 5) is 15.7. The molecular formula is C30H32BrNO4. The molecule has 1 unspecified atom stereocenters. The molecule has 3 aromatic rings. The Morgan fingerprint density at radius 2 is 1.69 bits per heavy atom. The van der Waals surface area contributed by atoms with Crippen LogP contribution in [0.3, 0.4) is 0 Å². The van der Waals surface area contributed by atoms with Crippen molar-refractivity contribution in [2.45, 2.75) is 37.9 Å². The first-order valence-corrected chi connectivity index (χ1v) is 13.5. The number of nitrogens with zero attached hydrogens (tertiary/aromatic N) is 1. The minimum atomic E-state index is -0.400. The Morgan fingerprint density at radius 1 is 0.944 bits per heavy atom. The lowest BCUT2D eigenvalue weighted by Crippen LogP contribution is -2.37. The molecule has 0 amide bonds. The molecule has 2 fully saturated rings. The van der Waals surface area contributed by atoms with Crippen molar-refractivity contribution in [2.24, 2.45) is 5.92 Å². The molecule has 3 aromatic carbocycles. The van der Waals surface area contributed by atoms with E-state index in [1.807, 2.05) is 66.7 Å². The van der Waals surface area contributed by atoms with Crippen LogP contribution in [0.1, 0.15) is 48.0 Å². The molecule has 0 radical (unpaired) electrons. The minimum absolute atomic E-state index is 0.101. The van der Waals surface area contributed by atoms with Crippen LogP contribution in [0.5, 0.6) is 11.5 Å². The van der Waals surface area contributed by atoms with Gasteiger partial charge in [-0.2, -0.15) is 0 Å². The van der Waals surface area contributed by atoms with E-state index in [0.717, 1.165) is 40.8 Å². The Morgan fingerprint density at radius 3 is 2.44 bits per heavy atom. The number of cyclic esters (lactones) is 1. The number of piperidine rings is 1. The second-order valence-corrected chi connectivity index (χ2v) is 10.4. The molecule has 6 heteroatoms. The molecule has 2 aliphatic rings. The molecule has 0 aromatic heterocycles. The molecule has 0 bridgehead atoms. The Kier molecular flexibility index (Phi) is 7.93. The van der Waals surface area contributed by atoms with Crippen LogP contribution in [-0.2, 0) is 16.1 Å². The molecule has 3 atom stereocenters. The monoisotopic (exact) mass is 549 g/mol. The van der Waals surface area contributed by atoms with Gasteiger partial charge in [0.25, 0.3) is 0 Å². The predicted molar refractivity (Wildman–Crippen MR) is 143 cm³/mol. The van der Waals surface area contributed by atoms with Crippen LogP contribution >= 0.6 is 15.9 Å². The van der Waals surface area contributed by atoms with Crippen molar-refractivity contribution in [1.29, 1.82) is 0 Å². The van der Waals surface area contributed by atoms with Gasteiger partial charge < -0.3 is 19.1 Å². The van der Waals surface area contributed by atoms with E-state index in [1.165, 1.54) is 19.3 Å². The summed E-state index contributed by atoms with van der Waals surface area (Å²) >= 11 is 3.74. The van der Waals surface area contributed by atoms with Crippen LogP contribution in [-0.4, -0.2) is 37.6 Å². The summed E-state index contributed by atoms with van der Waals surface area (Å²) in [5, 5.41) is 0. The van der Waals surface area contributed by atoms with Gasteiger partial charge in [0.2, 0.25) is 0 Å². The van der Waals surface area contributed by atoms with Gasteiger partial charge in [0, 0.05) is 16.9 Å². The van der Waals surface area contributed by atoms with E-state index in [0.29, 0.717) is 18.1 Å². The summed E-state index contributed by atoms with van der Waals surface area (Å²) in [6.07, 6.45) is 3.24. The molecule has 188 valence electrons. The van der Waals surface area contributed by atoms with Gasteiger partial charge in [-0.05, 0) is 60.8 Å². The summed E-state index contributed by atoms with van der Waals surface area (Å²) in [6.45, 7) is 3.25. The number of rotatable bonds is 8. The zero-order chi connectivity index (χ0) is 24.9. The Labute approximate surface area is 221 Å². The van der Waals surface area contributed by atoms with Gasteiger partial charge in [0.05, 0.1) is 13.0 Å². The zero-order valence-corrected chi connectivity index (χ0v) is 22.2. The Hall–Kier alpha value is -2.83. The number of carbonyl (C=O) groups is 1. The van der Waals surface area contributed by atoms with Crippen LogP contribution in [0.15, 0.2) is 77.3 Å². The molecule has 0 saturated carbocycles. The van der Waals surface area contributed by atoms with Crippen LogP contribution in [0.4, 0.5) is 0 Å². The number of ether oxygens (including phenoxy) is 3. The van der Waals surface area contributed by atoms with E-state index in [-0.39, 0.29) is 17.8 Å². The summed E-state index contributed by atoms with van der Waals surface area (Å²) < 4.78 is 18.9. The summed E-state index contributed by atoms with van der Waals surface area (Å²) in [5.74, 6) is 0.832. The number of methoxy groups -OCH3 is 1. The number of likely N-dealkylation sites (tertiary alicyclic amines) is 1. The van der Waals surface area contributed by atoms with Crippen molar-refractivity contribution in [3.63, 3.8) is 0 Å². The first-order chi connectivity index (χ1) is 17.6. The minimum Gasteiger partial charge on any atom is -0.493 e. The molecule has 5 nitrogen and oxygen atoms in total. The fraction of sp³-hybridized carbons (Fsp3) is 0.367. The van der Waals surface area contributed by atoms with Crippen LogP contribution in [0.2, 0.25) is 0 Å². The highest BCUT2D eigenvalue weighted by Crippen LogP contribution is 2.49. The number of esters is 1. The molecule has 5 rings (SSSR count). The van der Waals surface area contributed by atoms with E-state index < -0.39 is 6.10 Å². The largest absolute Gasteiger partial charge is 0.493 e. The van der Waals surface area contributed by atoms with Crippen LogP contribution in [0.25, 0.3) is 0 Å². The van der Waals surface area contributed by atoms with Crippen LogP contribution in [0, 0.1) is 5.92 Å². The fourth-order valence-electron chi connectivity index (χ4n) is 5.37. The second-order valence-electron chi connectivity index (χ2n) is 9.56. The van der Waals surface area contributed by atoms with E-state index in [4.69, 9.17) is 14.2 Å². The molecule has 0 aliphatic carbocycles. The molecule has 0 spiro atoms. The molecule has 2 saturated heterocycles. The lowest BCUT2D eigenvalue weighted by molar-refractivity contribution is -0.145. The maximum Gasteiger partial charge on any atom is 0.311 e. The molecule has 2 aliphatic heterocycles. The first-order valence-electron chi connectivity index (χ1n) is 12.7. The topological polar surface area (TPSA) is 48.0 Å². The van der Waals surface area contributed by atoms with Crippen LogP contribution < -0.4 is 9.47 Å². The molecule has 2 heterocycles. The number of halogens is 1. The van der Waals surface area contributed by atoms with E-state index in [1.54, 1.807) is 7.11 Å². The highest BCUT2D eigenvalue weighted by atomic mass is 79.9. The van der Waals surface area contributed by atoms with Gasteiger partial charge in [0.15, 0.2) is 11.5 Å². The average Bonchev–Trinajstić information content (AvgIpc) is 3.24. The summed E-state index contributed by atoms with van der Waals surface area (Å²) in [6, 6.07) is 24.1. The molecular weight excluding hydrogens is 518 g/mol. The lowest BCUT2D eigenvalue weighted by atomic mass is 9.81. The van der Waals surface area contributed by atoms with Gasteiger partial charge in [0.1, 0.15) is 12.7 Å². The predicted octanol–water partition coefficient (Wildman–Crippen LogP) is 6.52. The van der Waals surface area contributed by atoms with Gasteiger partial charge in [-0.1, -0.05) is 76.9 Å². The molecule has 36 heavy (non-hydrogen) atoms. The third-order valence-corrected chi connectivity index (χ3v) is 7.95. The Bertz CT molecular complexity index is 1180. The Balaban J connectivity index is 1.43. The molecule has 0 N–H and O–H groups in total. The summed E-state index contributed by atoms with van der Waals surface area (Å²) in [5.41, 5.74) is 3.09. The third kappa shape index (κ3) is 5.45. The second kappa shape index (κ2) is 11.5. The van der Waals surface area contributed by atoms with E-state index in [9.17, 15) is 4.79 Å². The van der Waals surface area contributed by atoms with Gasteiger partial charge in [-0.25, -0.2) is 0 Å². The fourth-order valence-corrected chi connectivity index (χ4v) is 5.92. The smallest absolute Gasteiger partial charge is 0.311 e. The van der Waals surface area contributed by atoms with Crippen molar-refractivity contribution >= 4 is 21.9 Å². The van der Waals surface area contributed by atoms with Crippen molar-refractivity contribution in [3.05, 3.63) is 94.0 Å². The maximum absolute atomic E-state index is 13.3. The van der Waals surface area contributed by atoms with Gasteiger partial charge in [-0.15, -0.1) is 0 Å². The third-order valence-electron chi connectivity index (χ3n) is 7.23. The highest BCUT2D eigenvalue weighted by Gasteiger charge is 2.47. The normalized spacial score (nSPS) is 22.3. The number of hydrogen-bond acceptors (Lipinski definition) is 5. The van der Waals surface area contributed by atoms with E-state index >= 15 is 0 Å². The summed E-state index contributed by atoms with van der Waals surface area (Å²) in [7, 11) is 1.64. The zero-order valence-electron chi connectivity index (χ0n) is 20.6. The SMILES string of the molecule is COc1cc(C2OC(=O)[C@H](CN3CCCCC3)[C@@H]2c2ccccc2Br)ccc1OCc1ccccc1. The highest BCUT2D eigenvalue weighted by molar-refractivity contribution is 9.10. The first kappa shape index (κ1) is 24.8. The van der Waals surface area contributed by atoms with E-state index in [2.05, 4.69) is 26.9 Å².